The number of fused-ring (bicyclic) bond motifs is 1. The van der Waals surface area contributed by atoms with Crippen LogP contribution in [0.1, 0.15) is 35.6 Å². The van der Waals surface area contributed by atoms with E-state index >= 15 is 0 Å². The summed E-state index contributed by atoms with van der Waals surface area (Å²) in [5, 5.41) is 13.8. The molecule has 1 aliphatic rings. The lowest BCUT2D eigenvalue weighted by atomic mass is 9.87. The summed E-state index contributed by atoms with van der Waals surface area (Å²) in [6.45, 7) is 4.21. The highest BCUT2D eigenvalue weighted by Crippen LogP contribution is 2.35. The number of benzene rings is 2. The number of aryl methyl sites for hydroxylation is 1. The van der Waals surface area contributed by atoms with Crippen molar-refractivity contribution in [3.05, 3.63) is 64.3 Å². The van der Waals surface area contributed by atoms with Crippen molar-refractivity contribution >= 4 is 34.1 Å². The summed E-state index contributed by atoms with van der Waals surface area (Å²) in [4.78, 5) is 18.2. The number of piperidine rings is 1. The minimum Gasteiger partial charge on any atom is -0.358 e. The topological polar surface area (TPSA) is 71.9 Å². The van der Waals surface area contributed by atoms with Gasteiger partial charge >= 0.3 is 0 Å². The first kappa shape index (κ1) is 19.5. The maximum Gasteiger partial charge on any atom is 0.238 e. The Bertz CT molecular complexity index is 1090. The number of carbonyl (C=O) groups is 1. The molecule has 6 heteroatoms. The Kier molecular flexibility index (Phi) is 5.57. The van der Waals surface area contributed by atoms with Crippen molar-refractivity contribution in [3.63, 3.8) is 0 Å². The SMILES string of the molecule is Cc1[nH]c2ccccc2c1C1CCN(CC(=O)Nc2cc(Cl)ccc2C#N)CC1. The zero-order chi connectivity index (χ0) is 20.4. The van der Waals surface area contributed by atoms with Crippen LogP contribution in [0.4, 0.5) is 5.69 Å². The Morgan fingerprint density at radius 1 is 1.28 bits per heavy atom. The minimum absolute atomic E-state index is 0.120. The van der Waals surface area contributed by atoms with Crippen molar-refractivity contribution in [1.82, 2.24) is 9.88 Å². The maximum absolute atomic E-state index is 12.5. The Labute approximate surface area is 175 Å². The number of nitriles is 1. The molecular formula is C23H23ClN4O. The van der Waals surface area contributed by atoms with Crippen molar-refractivity contribution in [1.29, 1.82) is 5.26 Å². The molecule has 0 radical (unpaired) electrons. The van der Waals surface area contributed by atoms with E-state index in [0.717, 1.165) is 25.9 Å². The monoisotopic (exact) mass is 406 g/mol. The Morgan fingerprint density at radius 2 is 2.03 bits per heavy atom. The van der Waals surface area contributed by atoms with Crippen LogP contribution in [-0.4, -0.2) is 35.4 Å². The average Bonchev–Trinajstić information content (AvgIpc) is 3.04. The lowest BCUT2D eigenvalue weighted by Crippen LogP contribution is -2.38. The number of H-pyrrole nitrogens is 1. The molecule has 3 aromatic rings. The second-order valence-corrected chi connectivity index (χ2v) is 8.05. The van der Waals surface area contributed by atoms with Gasteiger partial charge in [-0.15, -0.1) is 0 Å². The largest absolute Gasteiger partial charge is 0.358 e. The van der Waals surface area contributed by atoms with Crippen molar-refractivity contribution in [2.24, 2.45) is 0 Å². The van der Waals surface area contributed by atoms with Crippen molar-refractivity contribution in [3.8, 4) is 6.07 Å². The van der Waals surface area contributed by atoms with Crippen LogP contribution in [0.25, 0.3) is 10.9 Å². The minimum atomic E-state index is -0.120. The lowest BCUT2D eigenvalue weighted by molar-refractivity contribution is -0.117. The second-order valence-electron chi connectivity index (χ2n) is 7.61. The molecule has 29 heavy (non-hydrogen) atoms. The molecule has 2 heterocycles. The Hall–Kier alpha value is -2.81. The van der Waals surface area contributed by atoms with Gasteiger partial charge in [0.15, 0.2) is 0 Å². The molecule has 1 amide bonds. The number of nitrogens with zero attached hydrogens (tertiary/aromatic N) is 2. The number of hydrogen-bond acceptors (Lipinski definition) is 3. The molecule has 2 aromatic carbocycles. The highest BCUT2D eigenvalue weighted by atomic mass is 35.5. The number of rotatable bonds is 4. The third-order valence-electron chi connectivity index (χ3n) is 5.68. The molecule has 4 rings (SSSR count). The second kappa shape index (κ2) is 8.28. The number of likely N-dealkylation sites (tertiary alicyclic amines) is 1. The number of halogens is 1. The van der Waals surface area contributed by atoms with Crippen LogP contribution in [0.5, 0.6) is 0 Å². The molecular weight excluding hydrogens is 384 g/mol. The van der Waals surface area contributed by atoms with Crippen LogP contribution in [0.3, 0.4) is 0 Å². The van der Waals surface area contributed by atoms with E-state index in [4.69, 9.17) is 11.6 Å². The molecule has 1 saturated heterocycles. The van der Waals surface area contributed by atoms with Gasteiger partial charge < -0.3 is 10.3 Å². The van der Waals surface area contributed by atoms with E-state index in [1.807, 2.05) is 0 Å². The number of hydrogen-bond donors (Lipinski definition) is 2. The van der Waals surface area contributed by atoms with Gasteiger partial charge in [-0.3, -0.25) is 9.69 Å². The summed E-state index contributed by atoms with van der Waals surface area (Å²) in [6.07, 6.45) is 2.05. The molecule has 0 atom stereocenters. The first-order valence-electron chi connectivity index (χ1n) is 9.84. The zero-order valence-corrected chi connectivity index (χ0v) is 17.1. The fourth-order valence-electron chi connectivity index (χ4n) is 4.31. The number of nitrogens with one attached hydrogen (secondary N) is 2. The van der Waals surface area contributed by atoms with Gasteiger partial charge in [-0.2, -0.15) is 5.26 Å². The van der Waals surface area contributed by atoms with Gasteiger partial charge in [-0.05, 0) is 68.6 Å². The van der Waals surface area contributed by atoms with E-state index in [-0.39, 0.29) is 5.91 Å². The predicted octanol–water partition coefficient (Wildman–Crippen LogP) is 4.82. The van der Waals surface area contributed by atoms with Crippen LogP contribution < -0.4 is 5.32 Å². The third-order valence-corrected chi connectivity index (χ3v) is 5.92. The summed E-state index contributed by atoms with van der Waals surface area (Å²) in [5.41, 5.74) is 4.73. The molecule has 0 saturated carbocycles. The Morgan fingerprint density at radius 3 is 2.79 bits per heavy atom. The highest BCUT2D eigenvalue weighted by molar-refractivity contribution is 6.31. The van der Waals surface area contributed by atoms with Crippen molar-refractivity contribution in [2.45, 2.75) is 25.7 Å². The van der Waals surface area contributed by atoms with Crippen LogP contribution >= 0.6 is 11.6 Å². The molecule has 0 bridgehead atoms. The van der Waals surface area contributed by atoms with Gasteiger partial charge in [-0.25, -0.2) is 0 Å². The molecule has 1 aliphatic heterocycles. The van der Waals surface area contributed by atoms with Gasteiger partial charge in [-0.1, -0.05) is 29.8 Å². The molecule has 0 unspecified atom stereocenters. The van der Waals surface area contributed by atoms with E-state index in [9.17, 15) is 10.1 Å². The quantitative estimate of drug-likeness (QED) is 0.652. The molecule has 0 aliphatic carbocycles. The average molecular weight is 407 g/mol. The zero-order valence-electron chi connectivity index (χ0n) is 16.3. The van der Waals surface area contributed by atoms with Crippen molar-refractivity contribution < 1.29 is 4.79 Å². The summed E-state index contributed by atoms with van der Waals surface area (Å²) in [6, 6.07) is 15.4. The molecule has 1 fully saturated rings. The summed E-state index contributed by atoms with van der Waals surface area (Å²) >= 11 is 5.99. The Balaban J connectivity index is 1.38. The molecule has 148 valence electrons. The molecule has 2 N–H and O–H groups in total. The first-order valence-corrected chi connectivity index (χ1v) is 10.2. The summed E-state index contributed by atoms with van der Waals surface area (Å²) in [5.74, 6) is 0.383. The van der Waals surface area contributed by atoms with Crippen LogP contribution in [-0.2, 0) is 4.79 Å². The number of carbonyl (C=O) groups excluding carboxylic acids is 1. The van der Waals surface area contributed by atoms with Gasteiger partial charge in [0, 0.05) is 21.6 Å². The maximum atomic E-state index is 12.5. The number of anilines is 1. The summed E-state index contributed by atoms with van der Waals surface area (Å²) < 4.78 is 0. The van der Waals surface area contributed by atoms with Gasteiger partial charge in [0.1, 0.15) is 6.07 Å². The fourth-order valence-corrected chi connectivity index (χ4v) is 4.49. The van der Waals surface area contributed by atoms with Crippen molar-refractivity contribution in [2.75, 3.05) is 25.0 Å². The van der Waals surface area contributed by atoms with E-state index < -0.39 is 0 Å². The van der Waals surface area contributed by atoms with Gasteiger partial charge in [0.05, 0.1) is 17.8 Å². The highest BCUT2D eigenvalue weighted by Gasteiger charge is 2.25. The number of aromatic nitrogens is 1. The molecule has 5 nitrogen and oxygen atoms in total. The van der Waals surface area contributed by atoms with Crippen LogP contribution in [0.15, 0.2) is 42.5 Å². The first-order chi connectivity index (χ1) is 14.0. The number of aromatic amines is 1. The summed E-state index contributed by atoms with van der Waals surface area (Å²) in [7, 11) is 0. The van der Waals surface area contributed by atoms with E-state index in [1.165, 1.54) is 22.2 Å². The van der Waals surface area contributed by atoms with E-state index in [0.29, 0.717) is 28.7 Å². The van der Waals surface area contributed by atoms with Gasteiger partial charge in [0.2, 0.25) is 5.91 Å². The molecule has 0 spiro atoms. The number of para-hydroxylation sites is 1. The van der Waals surface area contributed by atoms with Gasteiger partial charge in [0.25, 0.3) is 0 Å². The van der Waals surface area contributed by atoms with E-state index in [2.05, 4.69) is 52.5 Å². The normalized spacial score (nSPS) is 15.3. The number of amides is 1. The van der Waals surface area contributed by atoms with Crippen LogP contribution in [0, 0.1) is 18.3 Å². The smallest absolute Gasteiger partial charge is 0.238 e. The fraction of sp³-hybridized carbons (Fsp3) is 0.304. The third kappa shape index (κ3) is 4.14. The standard InChI is InChI=1S/C23H23ClN4O/c1-15-23(19-4-2-3-5-20(19)26-15)16-8-10-28(11-9-16)14-22(29)27-21-12-18(24)7-6-17(21)13-25/h2-7,12,16,26H,8-11,14H2,1H3,(H,27,29). The van der Waals surface area contributed by atoms with Crippen LogP contribution in [0.2, 0.25) is 5.02 Å². The molecule has 1 aromatic heterocycles. The predicted molar refractivity (Wildman–Crippen MR) is 116 cm³/mol. The van der Waals surface area contributed by atoms with E-state index in [1.54, 1.807) is 18.2 Å². The lowest BCUT2D eigenvalue weighted by Gasteiger charge is -2.31.